The smallest absolute Gasteiger partial charge is 0.302 e. The highest BCUT2D eigenvalue weighted by Gasteiger charge is 1.96. The molecule has 0 radical (unpaired) electrons. The molecular weight excluding hydrogens is 440 g/mol. The molecule has 0 spiro atoms. The Hall–Kier alpha value is -0.890. The van der Waals surface area contributed by atoms with Crippen LogP contribution in [0.15, 0.2) is 0 Å². The van der Waals surface area contributed by atoms with Gasteiger partial charge in [-0.15, -0.1) is 0 Å². The highest BCUT2D eigenvalue weighted by molar-refractivity contribution is 5.65. The van der Waals surface area contributed by atoms with E-state index in [1.165, 1.54) is 6.92 Å². The van der Waals surface area contributed by atoms with Crippen LogP contribution in [0.3, 0.4) is 0 Å². The molecule has 0 aromatic rings. The molecular formula is C22H44O11. The van der Waals surface area contributed by atoms with Crippen LogP contribution in [0, 0.1) is 0 Å². The van der Waals surface area contributed by atoms with Crippen molar-refractivity contribution in [1.82, 2.24) is 0 Å². The van der Waals surface area contributed by atoms with Crippen LogP contribution in [0.1, 0.15) is 13.8 Å². The zero-order chi connectivity index (χ0) is 24.1. The van der Waals surface area contributed by atoms with E-state index >= 15 is 0 Å². The predicted octanol–water partition coefficient (Wildman–Crippen LogP) is 0.719. The lowest BCUT2D eigenvalue weighted by Gasteiger charge is -2.08. The van der Waals surface area contributed by atoms with E-state index in [0.29, 0.717) is 119 Å². The minimum absolute atomic E-state index is 0.264. The Labute approximate surface area is 198 Å². The molecule has 33 heavy (non-hydrogen) atoms. The van der Waals surface area contributed by atoms with Gasteiger partial charge in [-0.25, -0.2) is 0 Å². The van der Waals surface area contributed by atoms with Crippen molar-refractivity contribution in [2.24, 2.45) is 0 Å². The molecule has 0 atom stereocenters. The monoisotopic (exact) mass is 484 g/mol. The van der Waals surface area contributed by atoms with Crippen molar-refractivity contribution >= 4 is 5.97 Å². The van der Waals surface area contributed by atoms with Gasteiger partial charge in [-0.1, -0.05) is 0 Å². The van der Waals surface area contributed by atoms with E-state index in [9.17, 15) is 4.79 Å². The standard InChI is InChI=1S/C22H44O11/c1-3-24-4-5-25-6-7-26-8-9-27-10-11-28-12-13-29-14-15-30-16-17-31-18-19-32-20-21-33-22(2)23/h3-21H2,1-2H3. The summed E-state index contributed by atoms with van der Waals surface area (Å²) in [7, 11) is 0. The van der Waals surface area contributed by atoms with Crippen LogP contribution in [0.5, 0.6) is 0 Å². The van der Waals surface area contributed by atoms with E-state index in [-0.39, 0.29) is 12.6 Å². The summed E-state index contributed by atoms with van der Waals surface area (Å²) in [5.74, 6) is -0.307. The van der Waals surface area contributed by atoms with Gasteiger partial charge in [-0.05, 0) is 6.92 Å². The third-order valence-corrected chi connectivity index (χ3v) is 3.71. The first-order valence-corrected chi connectivity index (χ1v) is 11.6. The van der Waals surface area contributed by atoms with Gasteiger partial charge < -0.3 is 47.4 Å². The summed E-state index contributed by atoms with van der Waals surface area (Å²) in [6.45, 7) is 13.0. The lowest BCUT2D eigenvalue weighted by molar-refractivity contribution is -0.142. The van der Waals surface area contributed by atoms with Crippen molar-refractivity contribution in [3.05, 3.63) is 0 Å². The average Bonchev–Trinajstić information content (AvgIpc) is 2.80. The second-order valence-electron chi connectivity index (χ2n) is 6.44. The minimum atomic E-state index is -0.307. The van der Waals surface area contributed by atoms with Gasteiger partial charge >= 0.3 is 5.97 Å². The van der Waals surface area contributed by atoms with Crippen LogP contribution in [0.25, 0.3) is 0 Å². The molecule has 198 valence electrons. The van der Waals surface area contributed by atoms with Gasteiger partial charge in [0.25, 0.3) is 0 Å². The molecule has 0 amide bonds. The molecule has 0 bridgehead atoms. The molecule has 0 rings (SSSR count). The molecule has 0 aromatic carbocycles. The topological polar surface area (TPSA) is 109 Å². The number of rotatable bonds is 28. The van der Waals surface area contributed by atoms with Gasteiger partial charge in [0.1, 0.15) is 6.61 Å². The number of carbonyl (C=O) groups excluding carboxylic acids is 1. The first-order chi connectivity index (χ1) is 16.3. The van der Waals surface area contributed by atoms with E-state index in [0.717, 1.165) is 0 Å². The van der Waals surface area contributed by atoms with Crippen molar-refractivity contribution in [2.75, 3.05) is 126 Å². The van der Waals surface area contributed by atoms with E-state index in [4.69, 9.17) is 47.4 Å². The zero-order valence-electron chi connectivity index (χ0n) is 20.4. The number of carbonyl (C=O) groups is 1. The number of hydrogen-bond acceptors (Lipinski definition) is 11. The lowest BCUT2D eigenvalue weighted by atomic mass is 10.6. The summed E-state index contributed by atoms with van der Waals surface area (Å²) in [6, 6.07) is 0. The van der Waals surface area contributed by atoms with Crippen molar-refractivity contribution in [2.45, 2.75) is 13.8 Å². The third kappa shape index (κ3) is 31.1. The maximum Gasteiger partial charge on any atom is 0.302 e. The van der Waals surface area contributed by atoms with Crippen molar-refractivity contribution in [3.63, 3.8) is 0 Å². The SMILES string of the molecule is CCOCCOCCOCCOCCOCCOCCOCCOCCOCCOC(C)=O. The Bertz CT molecular complexity index is 385. The largest absolute Gasteiger partial charge is 0.463 e. The Morgan fingerprint density at radius 3 is 0.818 bits per heavy atom. The van der Waals surface area contributed by atoms with Crippen LogP contribution < -0.4 is 0 Å². The molecule has 0 unspecified atom stereocenters. The fourth-order valence-corrected chi connectivity index (χ4v) is 2.15. The second kappa shape index (κ2) is 29.1. The third-order valence-electron chi connectivity index (χ3n) is 3.71. The van der Waals surface area contributed by atoms with Gasteiger partial charge in [-0.2, -0.15) is 0 Å². The maximum absolute atomic E-state index is 10.5. The van der Waals surface area contributed by atoms with E-state index in [1.807, 2.05) is 6.92 Å². The summed E-state index contributed by atoms with van der Waals surface area (Å²) >= 11 is 0. The van der Waals surface area contributed by atoms with Gasteiger partial charge in [0.2, 0.25) is 0 Å². The molecule has 0 aliphatic heterocycles. The predicted molar refractivity (Wildman–Crippen MR) is 120 cm³/mol. The Morgan fingerprint density at radius 1 is 0.394 bits per heavy atom. The summed E-state index contributed by atoms with van der Waals surface area (Å²) in [5.41, 5.74) is 0. The quantitative estimate of drug-likeness (QED) is 0.116. The Balaban J connectivity index is 3.01. The van der Waals surface area contributed by atoms with Crippen LogP contribution in [-0.2, 0) is 52.2 Å². The fourth-order valence-electron chi connectivity index (χ4n) is 2.15. The normalized spacial score (nSPS) is 11.2. The highest BCUT2D eigenvalue weighted by Crippen LogP contribution is 1.86. The van der Waals surface area contributed by atoms with Gasteiger partial charge in [0.15, 0.2) is 0 Å². The molecule has 0 fully saturated rings. The Kier molecular flexibility index (Phi) is 28.4. The molecule has 0 N–H and O–H groups in total. The molecule has 0 heterocycles. The molecule has 0 aromatic heterocycles. The minimum Gasteiger partial charge on any atom is -0.463 e. The molecule has 0 saturated carbocycles. The number of esters is 1. The maximum atomic E-state index is 10.5. The van der Waals surface area contributed by atoms with Crippen LogP contribution in [-0.4, -0.2) is 132 Å². The Morgan fingerprint density at radius 2 is 0.606 bits per heavy atom. The molecule has 11 heteroatoms. The van der Waals surface area contributed by atoms with Crippen molar-refractivity contribution in [1.29, 1.82) is 0 Å². The van der Waals surface area contributed by atoms with Crippen LogP contribution in [0.2, 0.25) is 0 Å². The number of ether oxygens (including phenoxy) is 10. The van der Waals surface area contributed by atoms with Gasteiger partial charge in [-0.3, -0.25) is 4.79 Å². The van der Waals surface area contributed by atoms with E-state index < -0.39 is 0 Å². The fraction of sp³-hybridized carbons (Fsp3) is 0.955. The zero-order valence-corrected chi connectivity index (χ0v) is 20.4. The summed E-state index contributed by atoms with van der Waals surface area (Å²) in [5, 5.41) is 0. The van der Waals surface area contributed by atoms with Crippen molar-refractivity contribution < 1.29 is 52.2 Å². The highest BCUT2D eigenvalue weighted by atomic mass is 16.6. The first kappa shape index (κ1) is 32.1. The number of hydrogen-bond donors (Lipinski definition) is 0. The van der Waals surface area contributed by atoms with Crippen molar-refractivity contribution in [3.8, 4) is 0 Å². The molecule has 11 nitrogen and oxygen atoms in total. The molecule has 0 aliphatic carbocycles. The summed E-state index contributed by atoms with van der Waals surface area (Å²) < 4.78 is 52.9. The van der Waals surface area contributed by atoms with E-state index in [2.05, 4.69) is 0 Å². The van der Waals surface area contributed by atoms with Crippen LogP contribution >= 0.6 is 0 Å². The van der Waals surface area contributed by atoms with E-state index in [1.54, 1.807) is 0 Å². The molecule has 0 saturated heterocycles. The lowest BCUT2D eigenvalue weighted by Crippen LogP contribution is -2.15. The summed E-state index contributed by atoms with van der Waals surface area (Å²) in [6.07, 6.45) is 0. The summed E-state index contributed by atoms with van der Waals surface area (Å²) in [4.78, 5) is 10.5. The van der Waals surface area contributed by atoms with Crippen LogP contribution in [0.4, 0.5) is 0 Å². The first-order valence-electron chi connectivity index (χ1n) is 11.6. The second-order valence-corrected chi connectivity index (χ2v) is 6.44. The molecule has 0 aliphatic rings. The van der Waals surface area contributed by atoms with Gasteiger partial charge in [0.05, 0.1) is 112 Å². The average molecular weight is 485 g/mol. The van der Waals surface area contributed by atoms with Gasteiger partial charge in [0, 0.05) is 13.5 Å².